The van der Waals surface area contributed by atoms with E-state index in [1.54, 1.807) is 26.1 Å². The van der Waals surface area contributed by atoms with Crippen LogP contribution < -0.4 is 10.8 Å². The van der Waals surface area contributed by atoms with E-state index in [2.05, 4.69) is 20.5 Å². The lowest BCUT2D eigenvalue weighted by Gasteiger charge is -2.32. The van der Waals surface area contributed by atoms with Gasteiger partial charge in [-0.25, -0.2) is 4.39 Å². The van der Waals surface area contributed by atoms with Gasteiger partial charge in [-0.2, -0.15) is 0 Å². The number of hydrogen-bond acceptors (Lipinski definition) is 7. The number of cyclic esters (lactones) is 1. The molecule has 0 bridgehead atoms. The van der Waals surface area contributed by atoms with Gasteiger partial charge in [-0.1, -0.05) is 38.1 Å². The number of carbonyl (C=O) groups is 2. The Morgan fingerprint density at radius 2 is 2.17 bits per heavy atom. The molecule has 0 radical (unpaired) electrons. The van der Waals surface area contributed by atoms with Crippen molar-refractivity contribution in [1.29, 1.82) is 0 Å². The summed E-state index contributed by atoms with van der Waals surface area (Å²) in [5, 5.41) is 14.6. The third-order valence-electron chi connectivity index (χ3n) is 5.53. The van der Waals surface area contributed by atoms with Crippen LogP contribution in [0.2, 0.25) is 0 Å². The fraction of sp³-hybridized carbons (Fsp3) is 0.381. The van der Waals surface area contributed by atoms with E-state index >= 15 is 0 Å². The molecule has 3 atom stereocenters. The Labute approximate surface area is 172 Å². The standard InChI is InChI=1S/C21H22FN3O5/c1-12(2)20(19(27)24-16-9-17(26)29-21(16,28)11-22)10-15(25-30-20)18-14-6-4-3-5-13(14)7-8-23-18/h3-8,10,12,16,25,28H,9,11H2,1-2H3,(H,24,27)/t16-,20+,21+/m0/s1. The molecule has 2 aliphatic heterocycles. The Balaban J connectivity index is 1.68. The zero-order valence-electron chi connectivity index (χ0n) is 16.5. The van der Waals surface area contributed by atoms with Crippen LogP contribution in [0.4, 0.5) is 4.39 Å². The molecule has 0 unspecified atom stereocenters. The number of nitrogens with zero attached hydrogens (tertiary/aromatic N) is 1. The van der Waals surface area contributed by atoms with Gasteiger partial charge in [0, 0.05) is 11.6 Å². The van der Waals surface area contributed by atoms with Gasteiger partial charge in [0.1, 0.15) is 6.04 Å². The molecule has 1 aromatic heterocycles. The van der Waals surface area contributed by atoms with Crippen LogP contribution in [0.25, 0.3) is 16.5 Å². The predicted molar refractivity (Wildman–Crippen MR) is 105 cm³/mol. The van der Waals surface area contributed by atoms with Crippen LogP contribution >= 0.6 is 0 Å². The van der Waals surface area contributed by atoms with Gasteiger partial charge in [-0.3, -0.25) is 24.9 Å². The van der Waals surface area contributed by atoms with Gasteiger partial charge in [0.2, 0.25) is 0 Å². The number of esters is 1. The molecule has 0 aliphatic carbocycles. The van der Waals surface area contributed by atoms with Crippen molar-refractivity contribution in [2.45, 2.75) is 37.7 Å². The molecule has 1 aromatic carbocycles. The molecule has 1 amide bonds. The van der Waals surface area contributed by atoms with E-state index in [1.165, 1.54) is 0 Å². The number of aromatic nitrogens is 1. The van der Waals surface area contributed by atoms with Crippen LogP contribution in [-0.2, 0) is 19.2 Å². The van der Waals surface area contributed by atoms with Gasteiger partial charge in [-0.05, 0) is 23.4 Å². The molecule has 8 nitrogen and oxygen atoms in total. The monoisotopic (exact) mass is 415 g/mol. The maximum absolute atomic E-state index is 13.3. The smallest absolute Gasteiger partial charge is 0.310 e. The summed E-state index contributed by atoms with van der Waals surface area (Å²) in [6, 6.07) is 8.33. The Bertz CT molecular complexity index is 1040. The first kappa shape index (κ1) is 20.2. The number of benzene rings is 1. The number of halogens is 1. The van der Waals surface area contributed by atoms with E-state index in [4.69, 9.17) is 4.84 Å². The second-order valence-corrected chi connectivity index (χ2v) is 7.77. The van der Waals surface area contributed by atoms with Crippen molar-refractivity contribution < 1.29 is 28.7 Å². The van der Waals surface area contributed by atoms with Crippen molar-refractivity contribution in [3.05, 3.63) is 48.3 Å². The van der Waals surface area contributed by atoms with Crippen LogP contribution in [0.15, 0.2) is 42.6 Å². The lowest BCUT2D eigenvalue weighted by atomic mass is 9.87. The number of amides is 1. The molecule has 1 saturated heterocycles. The van der Waals surface area contributed by atoms with E-state index < -0.39 is 36.0 Å². The first-order valence-electron chi connectivity index (χ1n) is 9.61. The van der Waals surface area contributed by atoms with Crippen LogP contribution in [-0.4, -0.2) is 46.1 Å². The number of aliphatic hydroxyl groups is 1. The Kier molecular flexibility index (Phi) is 4.95. The van der Waals surface area contributed by atoms with Gasteiger partial charge >= 0.3 is 5.97 Å². The summed E-state index contributed by atoms with van der Waals surface area (Å²) in [6.07, 6.45) is 2.95. The topological polar surface area (TPSA) is 110 Å². The summed E-state index contributed by atoms with van der Waals surface area (Å²) in [7, 11) is 0. The summed E-state index contributed by atoms with van der Waals surface area (Å²) in [5.41, 5.74) is 2.45. The van der Waals surface area contributed by atoms with Crippen LogP contribution in [0.1, 0.15) is 26.0 Å². The molecule has 0 saturated carbocycles. The summed E-state index contributed by atoms with van der Waals surface area (Å²) < 4.78 is 17.9. The van der Waals surface area contributed by atoms with E-state index in [0.717, 1.165) is 10.8 Å². The molecule has 30 heavy (non-hydrogen) atoms. The lowest BCUT2D eigenvalue weighted by Crippen LogP contribution is -2.58. The molecule has 1 fully saturated rings. The zero-order valence-corrected chi connectivity index (χ0v) is 16.5. The average Bonchev–Trinajstić information content (AvgIpc) is 3.30. The fourth-order valence-corrected chi connectivity index (χ4v) is 3.71. The van der Waals surface area contributed by atoms with Crippen molar-refractivity contribution in [2.75, 3.05) is 6.67 Å². The van der Waals surface area contributed by atoms with Crippen LogP contribution in [0, 0.1) is 5.92 Å². The number of pyridine rings is 1. The van der Waals surface area contributed by atoms with Crippen molar-refractivity contribution in [1.82, 2.24) is 15.8 Å². The van der Waals surface area contributed by atoms with Gasteiger partial charge < -0.3 is 15.2 Å². The maximum atomic E-state index is 13.3. The third kappa shape index (κ3) is 3.20. The molecule has 2 aromatic rings. The molecule has 4 rings (SSSR count). The summed E-state index contributed by atoms with van der Waals surface area (Å²) in [4.78, 5) is 34.9. The molecule has 2 aliphatic rings. The minimum atomic E-state index is -2.39. The molecule has 9 heteroatoms. The van der Waals surface area contributed by atoms with E-state index in [1.807, 2.05) is 30.3 Å². The van der Waals surface area contributed by atoms with Gasteiger partial charge in [-0.15, -0.1) is 0 Å². The minimum absolute atomic E-state index is 0.338. The molecule has 3 N–H and O–H groups in total. The first-order valence-corrected chi connectivity index (χ1v) is 9.61. The highest BCUT2D eigenvalue weighted by molar-refractivity contribution is 5.96. The second-order valence-electron chi connectivity index (χ2n) is 7.77. The number of ether oxygens (including phenoxy) is 1. The van der Waals surface area contributed by atoms with Crippen molar-refractivity contribution in [3.8, 4) is 0 Å². The number of fused-ring (bicyclic) bond motifs is 1. The Morgan fingerprint density at radius 3 is 2.90 bits per heavy atom. The summed E-state index contributed by atoms with van der Waals surface area (Å²) >= 11 is 0. The maximum Gasteiger partial charge on any atom is 0.310 e. The molecule has 3 heterocycles. The van der Waals surface area contributed by atoms with E-state index in [0.29, 0.717) is 11.4 Å². The van der Waals surface area contributed by atoms with Crippen molar-refractivity contribution in [3.63, 3.8) is 0 Å². The first-order chi connectivity index (χ1) is 14.3. The van der Waals surface area contributed by atoms with Gasteiger partial charge in [0.05, 0.1) is 17.8 Å². The van der Waals surface area contributed by atoms with E-state index in [-0.39, 0.29) is 12.3 Å². The number of rotatable bonds is 5. The average molecular weight is 415 g/mol. The summed E-state index contributed by atoms with van der Waals surface area (Å²) in [5.74, 6) is -4.15. The molecular weight excluding hydrogens is 393 g/mol. The predicted octanol–water partition coefficient (Wildman–Crippen LogP) is 1.60. The van der Waals surface area contributed by atoms with Crippen molar-refractivity contribution >= 4 is 28.3 Å². The van der Waals surface area contributed by atoms with Crippen molar-refractivity contribution in [2.24, 2.45) is 5.92 Å². The SMILES string of the molecule is CC(C)[C@@]1(C(=O)N[C@H]2CC(=O)O[C@]2(O)CF)C=C(c2nccc3ccccc23)NO1. The quantitative estimate of drug-likeness (QED) is 0.636. The zero-order chi connectivity index (χ0) is 21.5. The highest BCUT2D eigenvalue weighted by Crippen LogP contribution is 2.35. The number of hydrogen-bond donors (Lipinski definition) is 3. The fourth-order valence-electron chi connectivity index (χ4n) is 3.71. The number of hydroxylamine groups is 1. The Hall–Kier alpha value is -3.04. The minimum Gasteiger partial charge on any atom is -0.428 e. The number of carbonyl (C=O) groups excluding carboxylic acids is 2. The van der Waals surface area contributed by atoms with E-state index in [9.17, 15) is 19.1 Å². The van der Waals surface area contributed by atoms with Crippen LogP contribution in [0.5, 0.6) is 0 Å². The highest BCUT2D eigenvalue weighted by atomic mass is 19.1. The number of alkyl halides is 1. The second kappa shape index (κ2) is 7.33. The van der Waals surface area contributed by atoms with Gasteiger partial charge in [0.15, 0.2) is 12.3 Å². The highest BCUT2D eigenvalue weighted by Gasteiger charge is 2.53. The third-order valence-corrected chi connectivity index (χ3v) is 5.53. The summed E-state index contributed by atoms with van der Waals surface area (Å²) in [6.45, 7) is 2.24. The molecular formula is C21H22FN3O5. The van der Waals surface area contributed by atoms with Crippen LogP contribution in [0.3, 0.4) is 0 Å². The largest absolute Gasteiger partial charge is 0.428 e. The molecule has 0 spiro atoms. The Morgan fingerprint density at radius 1 is 1.40 bits per heavy atom. The number of nitrogens with one attached hydrogen (secondary N) is 2. The lowest BCUT2D eigenvalue weighted by molar-refractivity contribution is -0.202. The molecule has 158 valence electrons. The van der Waals surface area contributed by atoms with Gasteiger partial charge in [0.25, 0.3) is 11.7 Å². The normalized spacial score (nSPS) is 28.4.